The van der Waals surface area contributed by atoms with E-state index in [1.54, 1.807) is 23.1 Å². The zero-order valence-corrected chi connectivity index (χ0v) is 12.7. The minimum absolute atomic E-state index is 0.749. The molecular formula is C14H14N4S2. The predicted molar refractivity (Wildman–Crippen MR) is 82.0 cm³/mol. The first-order valence-corrected chi connectivity index (χ1v) is 8.12. The molecule has 102 valence electrons. The Labute approximate surface area is 125 Å². The molecule has 3 heterocycles. The third-order valence-corrected chi connectivity index (χ3v) is 4.61. The second-order valence-corrected chi connectivity index (χ2v) is 6.31. The van der Waals surface area contributed by atoms with Gasteiger partial charge in [-0.25, -0.2) is 9.97 Å². The molecule has 0 N–H and O–H groups in total. The fourth-order valence-electron chi connectivity index (χ4n) is 1.84. The molecular weight excluding hydrogens is 288 g/mol. The van der Waals surface area contributed by atoms with E-state index in [2.05, 4.69) is 24.9 Å². The van der Waals surface area contributed by atoms with Crippen LogP contribution in [0.2, 0.25) is 0 Å². The summed E-state index contributed by atoms with van der Waals surface area (Å²) in [5.41, 5.74) is 2.15. The van der Waals surface area contributed by atoms with Crippen LogP contribution in [0.3, 0.4) is 0 Å². The van der Waals surface area contributed by atoms with Crippen molar-refractivity contribution in [1.82, 2.24) is 19.5 Å². The van der Waals surface area contributed by atoms with Crippen LogP contribution in [-0.4, -0.2) is 19.5 Å². The smallest absolute Gasteiger partial charge is 0.168 e. The number of hydrogen-bond acceptors (Lipinski definition) is 5. The molecule has 0 fully saturated rings. The summed E-state index contributed by atoms with van der Waals surface area (Å²) < 4.78 is 2.12. The number of hydrogen-bond donors (Lipinski definition) is 0. The van der Waals surface area contributed by atoms with Gasteiger partial charge in [0.25, 0.3) is 0 Å². The summed E-state index contributed by atoms with van der Waals surface area (Å²) >= 11 is 3.39. The fourth-order valence-corrected chi connectivity index (χ4v) is 3.40. The van der Waals surface area contributed by atoms with Crippen molar-refractivity contribution >= 4 is 23.1 Å². The Hall–Kier alpha value is -1.66. The largest absolute Gasteiger partial charge is 0.320 e. The summed E-state index contributed by atoms with van der Waals surface area (Å²) in [6.07, 6.45) is 5.64. The van der Waals surface area contributed by atoms with Gasteiger partial charge in [-0.05, 0) is 19.1 Å². The van der Waals surface area contributed by atoms with Crippen LogP contribution < -0.4 is 0 Å². The number of pyridine rings is 1. The number of thiazole rings is 1. The molecule has 0 spiro atoms. The van der Waals surface area contributed by atoms with Crippen LogP contribution in [-0.2, 0) is 12.3 Å². The van der Waals surface area contributed by atoms with Crippen LogP contribution in [0.5, 0.6) is 0 Å². The van der Waals surface area contributed by atoms with Gasteiger partial charge in [-0.1, -0.05) is 17.8 Å². The van der Waals surface area contributed by atoms with E-state index in [0.717, 1.165) is 33.8 Å². The third-order valence-electron chi connectivity index (χ3n) is 2.75. The lowest BCUT2D eigenvalue weighted by molar-refractivity contribution is 0.693. The van der Waals surface area contributed by atoms with Crippen LogP contribution in [0.1, 0.15) is 16.4 Å². The third kappa shape index (κ3) is 3.26. The van der Waals surface area contributed by atoms with E-state index in [1.807, 2.05) is 43.7 Å². The number of imidazole rings is 1. The molecule has 0 amide bonds. The molecule has 0 aromatic carbocycles. The highest BCUT2D eigenvalue weighted by Crippen LogP contribution is 2.22. The zero-order chi connectivity index (χ0) is 13.8. The zero-order valence-electron chi connectivity index (χ0n) is 11.1. The topological polar surface area (TPSA) is 43.6 Å². The van der Waals surface area contributed by atoms with Crippen LogP contribution >= 0.6 is 23.1 Å². The Balaban J connectivity index is 1.67. The van der Waals surface area contributed by atoms with Crippen LogP contribution in [0, 0.1) is 6.92 Å². The second kappa shape index (κ2) is 6.19. The molecule has 0 atom stereocenters. The van der Waals surface area contributed by atoms with Crippen molar-refractivity contribution in [3.63, 3.8) is 0 Å². The molecule has 4 nitrogen and oxygen atoms in total. The molecule has 0 aliphatic heterocycles. The predicted octanol–water partition coefficient (Wildman–Crippen LogP) is 3.38. The Kier molecular flexibility index (Phi) is 4.13. The quantitative estimate of drug-likeness (QED) is 0.678. The van der Waals surface area contributed by atoms with Gasteiger partial charge in [-0.15, -0.1) is 11.3 Å². The Morgan fingerprint density at radius 3 is 2.90 bits per heavy atom. The first-order valence-electron chi connectivity index (χ1n) is 6.26. The normalized spacial score (nSPS) is 10.8. The Morgan fingerprint density at radius 1 is 1.20 bits per heavy atom. The van der Waals surface area contributed by atoms with E-state index in [9.17, 15) is 0 Å². The number of aryl methyl sites for hydroxylation is 1. The standard InChI is InChI=1S/C14H14N4S2/c1-11-17-13(9-19-11)10-20-14-16-6-7-18(14)8-12-4-2-3-5-15-12/h2-7,9H,8,10H2,1H3. The van der Waals surface area contributed by atoms with Crippen molar-refractivity contribution in [3.05, 3.63) is 58.6 Å². The fraction of sp³-hybridized carbons (Fsp3) is 0.214. The van der Waals surface area contributed by atoms with Crippen molar-refractivity contribution in [3.8, 4) is 0 Å². The van der Waals surface area contributed by atoms with Crippen molar-refractivity contribution in [2.45, 2.75) is 24.4 Å². The highest BCUT2D eigenvalue weighted by atomic mass is 32.2. The van der Waals surface area contributed by atoms with Gasteiger partial charge in [0.2, 0.25) is 0 Å². The molecule has 0 saturated carbocycles. The first-order chi connectivity index (χ1) is 9.81. The Bertz CT molecular complexity index is 675. The summed E-state index contributed by atoms with van der Waals surface area (Å²) in [7, 11) is 0. The van der Waals surface area contributed by atoms with Gasteiger partial charge in [0.15, 0.2) is 5.16 Å². The van der Waals surface area contributed by atoms with E-state index in [1.165, 1.54) is 0 Å². The number of rotatable bonds is 5. The lowest BCUT2D eigenvalue weighted by atomic mass is 10.3. The SMILES string of the molecule is Cc1nc(CSc2nccn2Cc2ccccn2)cs1. The first kappa shape index (κ1) is 13.3. The molecule has 3 aromatic rings. The second-order valence-electron chi connectivity index (χ2n) is 4.31. The van der Waals surface area contributed by atoms with Crippen molar-refractivity contribution in [1.29, 1.82) is 0 Å². The average molecular weight is 302 g/mol. The summed E-state index contributed by atoms with van der Waals surface area (Å²) in [4.78, 5) is 13.2. The van der Waals surface area contributed by atoms with E-state index in [-0.39, 0.29) is 0 Å². The molecule has 0 bridgehead atoms. The number of aromatic nitrogens is 4. The van der Waals surface area contributed by atoms with Gasteiger partial charge in [0, 0.05) is 29.7 Å². The van der Waals surface area contributed by atoms with Gasteiger partial charge < -0.3 is 4.57 Å². The molecule has 0 radical (unpaired) electrons. The van der Waals surface area contributed by atoms with Gasteiger partial charge in [0.1, 0.15) is 0 Å². The van der Waals surface area contributed by atoms with Gasteiger partial charge in [-0.2, -0.15) is 0 Å². The lowest BCUT2D eigenvalue weighted by Crippen LogP contribution is -2.02. The summed E-state index contributed by atoms with van der Waals surface area (Å²) in [5.74, 6) is 0.851. The molecule has 0 unspecified atom stereocenters. The summed E-state index contributed by atoms with van der Waals surface area (Å²) in [6, 6.07) is 5.96. The van der Waals surface area contributed by atoms with E-state index >= 15 is 0 Å². The highest BCUT2D eigenvalue weighted by molar-refractivity contribution is 7.98. The van der Waals surface area contributed by atoms with E-state index in [4.69, 9.17) is 0 Å². The van der Waals surface area contributed by atoms with Gasteiger partial charge in [0.05, 0.1) is 22.9 Å². The number of nitrogens with zero attached hydrogens (tertiary/aromatic N) is 4. The molecule has 3 aromatic heterocycles. The maximum Gasteiger partial charge on any atom is 0.168 e. The van der Waals surface area contributed by atoms with Gasteiger partial charge in [-0.3, -0.25) is 4.98 Å². The average Bonchev–Trinajstić information content (AvgIpc) is 3.07. The molecule has 3 rings (SSSR count). The maximum atomic E-state index is 4.47. The van der Waals surface area contributed by atoms with Crippen molar-refractivity contribution in [2.24, 2.45) is 0 Å². The maximum absolute atomic E-state index is 4.47. The van der Waals surface area contributed by atoms with Crippen LogP contribution in [0.25, 0.3) is 0 Å². The minimum Gasteiger partial charge on any atom is -0.320 e. The lowest BCUT2D eigenvalue weighted by Gasteiger charge is -2.06. The highest BCUT2D eigenvalue weighted by Gasteiger charge is 2.06. The van der Waals surface area contributed by atoms with Crippen molar-refractivity contribution in [2.75, 3.05) is 0 Å². The monoisotopic (exact) mass is 302 g/mol. The molecule has 20 heavy (non-hydrogen) atoms. The van der Waals surface area contributed by atoms with Crippen molar-refractivity contribution < 1.29 is 0 Å². The summed E-state index contributed by atoms with van der Waals surface area (Å²) in [6.45, 7) is 2.78. The van der Waals surface area contributed by atoms with Crippen LogP contribution in [0.15, 0.2) is 47.3 Å². The van der Waals surface area contributed by atoms with Gasteiger partial charge >= 0.3 is 0 Å². The molecule has 6 heteroatoms. The molecule has 0 aliphatic rings. The molecule has 0 saturated heterocycles. The Morgan fingerprint density at radius 2 is 2.15 bits per heavy atom. The van der Waals surface area contributed by atoms with E-state index < -0.39 is 0 Å². The molecule has 0 aliphatic carbocycles. The summed E-state index contributed by atoms with van der Waals surface area (Å²) in [5, 5.41) is 4.22. The van der Waals surface area contributed by atoms with Crippen LogP contribution in [0.4, 0.5) is 0 Å². The van der Waals surface area contributed by atoms with E-state index in [0.29, 0.717) is 0 Å². The number of thioether (sulfide) groups is 1. The minimum atomic E-state index is 0.749.